The molecule has 1 aliphatic rings. The van der Waals surface area contributed by atoms with E-state index in [-0.39, 0.29) is 12.5 Å². The summed E-state index contributed by atoms with van der Waals surface area (Å²) in [4.78, 5) is 29.9. The minimum absolute atomic E-state index is 0.0166. The van der Waals surface area contributed by atoms with Gasteiger partial charge in [-0.1, -0.05) is 30.3 Å². The van der Waals surface area contributed by atoms with Crippen molar-refractivity contribution in [1.29, 1.82) is 0 Å². The van der Waals surface area contributed by atoms with E-state index in [4.69, 9.17) is 0 Å². The molecule has 0 bridgehead atoms. The van der Waals surface area contributed by atoms with Crippen LogP contribution in [0.4, 0.5) is 9.93 Å². The highest BCUT2D eigenvalue weighted by Gasteiger charge is 2.18. The molecule has 7 heteroatoms. The van der Waals surface area contributed by atoms with E-state index in [9.17, 15) is 9.59 Å². The Kier molecular flexibility index (Phi) is 4.87. The van der Waals surface area contributed by atoms with Crippen molar-refractivity contribution in [3.8, 4) is 11.3 Å². The van der Waals surface area contributed by atoms with Gasteiger partial charge >= 0.3 is 6.03 Å². The lowest BCUT2D eigenvalue weighted by Gasteiger charge is -2.15. The molecule has 0 aliphatic carbocycles. The predicted molar refractivity (Wildman–Crippen MR) is 90.4 cm³/mol. The number of nitrogens with one attached hydrogen (secondary N) is 2. The van der Waals surface area contributed by atoms with Crippen LogP contribution in [-0.4, -0.2) is 41.5 Å². The fourth-order valence-electron chi connectivity index (χ4n) is 2.45. The van der Waals surface area contributed by atoms with Crippen molar-refractivity contribution in [2.24, 2.45) is 0 Å². The average Bonchev–Trinajstić information content (AvgIpc) is 3.25. The fraction of sp³-hybridized carbons (Fsp3) is 0.312. The van der Waals surface area contributed by atoms with Crippen molar-refractivity contribution in [2.75, 3.05) is 25.0 Å². The number of rotatable bonds is 4. The summed E-state index contributed by atoms with van der Waals surface area (Å²) in [5.74, 6) is -0.0400. The van der Waals surface area contributed by atoms with Gasteiger partial charge in [0.1, 0.15) is 0 Å². The number of hydrogen-bond donors (Lipinski definition) is 2. The van der Waals surface area contributed by atoms with Gasteiger partial charge in [0.2, 0.25) is 5.91 Å². The molecule has 0 spiro atoms. The van der Waals surface area contributed by atoms with E-state index in [2.05, 4.69) is 15.6 Å². The minimum atomic E-state index is -0.411. The second-order valence-electron chi connectivity index (χ2n) is 5.30. The Morgan fingerprint density at radius 3 is 2.65 bits per heavy atom. The highest BCUT2D eigenvalue weighted by Crippen LogP contribution is 2.24. The van der Waals surface area contributed by atoms with Crippen LogP contribution < -0.4 is 10.6 Å². The van der Waals surface area contributed by atoms with Gasteiger partial charge in [-0.25, -0.2) is 9.78 Å². The largest absolute Gasteiger partial charge is 0.341 e. The molecule has 1 aliphatic heterocycles. The maximum atomic E-state index is 11.9. The molecule has 0 unspecified atom stereocenters. The second-order valence-corrected chi connectivity index (χ2v) is 6.16. The number of anilines is 1. The summed E-state index contributed by atoms with van der Waals surface area (Å²) in [7, 11) is 0. The van der Waals surface area contributed by atoms with Gasteiger partial charge in [0, 0.05) is 24.0 Å². The molecule has 6 nitrogen and oxygen atoms in total. The summed E-state index contributed by atoms with van der Waals surface area (Å²) in [5.41, 5.74) is 1.82. The lowest BCUT2D eigenvalue weighted by molar-refractivity contribution is -0.128. The number of carbonyl (C=O) groups is 2. The van der Waals surface area contributed by atoms with Crippen LogP contribution in [0, 0.1) is 0 Å². The Balaban J connectivity index is 1.50. The molecule has 1 aromatic heterocycles. The average molecular weight is 330 g/mol. The zero-order chi connectivity index (χ0) is 16.1. The quantitative estimate of drug-likeness (QED) is 0.905. The molecule has 3 amide bonds. The summed E-state index contributed by atoms with van der Waals surface area (Å²) >= 11 is 1.35. The number of carbonyl (C=O) groups excluding carboxylic acids is 2. The maximum Gasteiger partial charge on any atom is 0.321 e. The van der Waals surface area contributed by atoms with Crippen LogP contribution in [0.15, 0.2) is 35.7 Å². The summed E-state index contributed by atoms with van der Waals surface area (Å²) in [6, 6.07) is 9.35. The van der Waals surface area contributed by atoms with Gasteiger partial charge in [-0.15, -0.1) is 11.3 Å². The first kappa shape index (κ1) is 15.5. The van der Waals surface area contributed by atoms with Gasteiger partial charge in [0.15, 0.2) is 5.13 Å². The van der Waals surface area contributed by atoms with Crippen molar-refractivity contribution in [1.82, 2.24) is 15.2 Å². The number of hydrogen-bond acceptors (Lipinski definition) is 4. The first-order valence-electron chi connectivity index (χ1n) is 7.56. The second kappa shape index (κ2) is 7.23. The molecule has 2 N–H and O–H groups in total. The molecule has 1 fully saturated rings. The highest BCUT2D eigenvalue weighted by atomic mass is 32.1. The molecule has 2 heterocycles. The van der Waals surface area contributed by atoms with E-state index >= 15 is 0 Å². The Labute approximate surface area is 138 Å². The summed E-state index contributed by atoms with van der Waals surface area (Å²) in [5, 5.41) is 7.65. The number of benzene rings is 1. The minimum Gasteiger partial charge on any atom is -0.341 e. The maximum absolute atomic E-state index is 11.9. The van der Waals surface area contributed by atoms with Crippen molar-refractivity contribution in [2.45, 2.75) is 12.8 Å². The SMILES string of the molecule is O=C(NCC(=O)N1CCCC1)Nc1nc(-c2ccccc2)cs1. The van der Waals surface area contributed by atoms with Crippen molar-refractivity contribution in [3.05, 3.63) is 35.7 Å². The molecule has 0 atom stereocenters. The van der Waals surface area contributed by atoms with E-state index in [1.54, 1.807) is 4.90 Å². The molecule has 23 heavy (non-hydrogen) atoms. The van der Waals surface area contributed by atoms with E-state index < -0.39 is 6.03 Å². The van der Waals surface area contributed by atoms with Crippen LogP contribution in [0.25, 0.3) is 11.3 Å². The molecule has 1 aromatic carbocycles. The number of urea groups is 1. The zero-order valence-electron chi connectivity index (χ0n) is 12.6. The molecule has 1 saturated heterocycles. The molecule has 0 radical (unpaired) electrons. The Bertz CT molecular complexity index is 680. The normalized spacial score (nSPS) is 13.8. The van der Waals surface area contributed by atoms with Crippen LogP contribution in [0.5, 0.6) is 0 Å². The van der Waals surface area contributed by atoms with Gasteiger partial charge < -0.3 is 10.2 Å². The predicted octanol–water partition coefficient (Wildman–Crippen LogP) is 2.55. The molecule has 3 rings (SSSR count). The Morgan fingerprint density at radius 2 is 1.91 bits per heavy atom. The first-order valence-corrected chi connectivity index (χ1v) is 8.44. The third-order valence-corrected chi connectivity index (χ3v) is 4.41. The number of likely N-dealkylation sites (tertiary alicyclic amines) is 1. The van der Waals surface area contributed by atoms with Crippen molar-refractivity contribution < 1.29 is 9.59 Å². The number of aromatic nitrogens is 1. The topological polar surface area (TPSA) is 74.3 Å². The van der Waals surface area contributed by atoms with E-state index in [0.717, 1.165) is 37.2 Å². The molecular weight excluding hydrogens is 312 g/mol. The third kappa shape index (κ3) is 4.07. The number of nitrogens with zero attached hydrogens (tertiary/aromatic N) is 2. The van der Waals surface area contributed by atoms with Gasteiger partial charge in [-0.3, -0.25) is 10.1 Å². The molecular formula is C16H18N4O2S. The third-order valence-electron chi connectivity index (χ3n) is 3.65. The Hall–Kier alpha value is -2.41. The monoisotopic (exact) mass is 330 g/mol. The Morgan fingerprint density at radius 1 is 1.17 bits per heavy atom. The fourth-order valence-corrected chi connectivity index (χ4v) is 3.16. The number of thiazole rings is 1. The summed E-state index contributed by atoms with van der Waals surface area (Å²) in [6.07, 6.45) is 2.08. The summed E-state index contributed by atoms with van der Waals surface area (Å²) < 4.78 is 0. The van der Waals surface area contributed by atoms with E-state index in [1.807, 2.05) is 35.7 Å². The van der Waals surface area contributed by atoms with Crippen LogP contribution in [0.3, 0.4) is 0 Å². The zero-order valence-corrected chi connectivity index (χ0v) is 13.4. The standard InChI is InChI=1S/C16H18N4O2S/c21-14(20-8-4-5-9-20)10-17-15(22)19-16-18-13(11-23-16)12-6-2-1-3-7-12/h1-3,6-7,11H,4-5,8-10H2,(H2,17,18,19,22). The van der Waals surface area contributed by atoms with E-state index in [1.165, 1.54) is 11.3 Å². The van der Waals surface area contributed by atoms with Crippen LogP contribution in [0.1, 0.15) is 12.8 Å². The molecule has 0 saturated carbocycles. The first-order chi connectivity index (χ1) is 11.2. The molecule has 120 valence electrons. The highest BCUT2D eigenvalue weighted by molar-refractivity contribution is 7.14. The van der Waals surface area contributed by atoms with Gasteiger partial charge in [0.25, 0.3) is 0 Å². The van der Waals surface area contributed by atoms with Crippen LogP contribution in [-0.2, 0) is 4.79 Å². The van der Waals surface area contributed by atoms with Crippen molar-refractivity contribution in [3.63, 3.8) is 0 Å². The number of amides is 3. The lowest BCUT2D eigenvalue weighted by Crippen LogP contribution is -2.40. The van der Waals surface area contributed by atoms with Gasteiger partial charge in [-0.05, 0) is 12.8 Å². The van der Waals surface area contributed by atoms with Gasteiger partial charge in [0.05, 0.1) is 12.2 Å². The summed E-state index contributed by atoms with van der Waals surface area (Å²) in [6.45, 7) is 1.59. The smallest absolute Gasteiger partial charge is 0.321 e. The van der Waals surface area contributed by atoms with E-state index in [0.29, 0.717) is 5.13 Å². The lowest BCUT2D eigenvalue weighted by atomic mass is 10.2. The molecule has 2 aromatic rings. The van der Waals surface area contributed by atoms with Crippen molar-refractivity contribution >= 4 is 28.4 Å². The van der Waals surface area contributed by atoms with Crippen LogP contribution >= 0.6 is 11.3 Å². The van der Waals surface area contributed by atoms with Crippen LogP contribution in [0.2, 0.25) is 0 Å². The van der Waals surface area contributed by atoms with Gasteiger partial charge in [-0.2, -0.15) is 0 Å².